The zero-order valence-electron chi connectivity index (χ0n) is 17.2. The molecule has 0 atom stereocenters. The molecule has 28 heavy (non-hydrogen) atoms. The van der Waals surface area contributed by atoms with Crippen molar-refractivity contribution in [2.24, 2.45) is 0 Å². The maximum atomic E-state index is 2.40. The Morgan fingerprint density at radius 1 is 0.464 bits per heavy atom. The van der Waals surface area contributed by atoms with Gasteiger partial charge in [-0.05, 0) is 56.0 Å². The summed E-state index contributed by atoms with van der Waals surface area (Å²) in [6.07, 6.45) is 0. The molecule has 140 valence electrons. The highest BCUT2D eigenvalue weighted by Gasteiger charge is 2.15. The Hall–Kier alpha value is -2.86. The van der Waals surface area contributed by atoms with Crippen LogP contribution in [0.2, 0.25) is 0 Å². The van der Waals surface area contributed by atoms with E-state index in [1.807, 2.05) is 0 Å². The SMILES string of the molecule is CC(C)c1cc(-c2ccccc2)c2cc(C(C)C)cc(-c3ccccc3)c2c1. The molecule has 0 aliphatic carbocycles. The van der Waals surface area contributed by atoms with Gasteiger partial charge < -0.3 is 0 Å². The lowest BCUT2D eigenvalue weighted by Gasteiger charge is -2.19. The first-order valence-corrected chi connectivity index (χ1v) is 10.3. The maximum Gasteiger partial charge on any atom is -0.00961 e. The van der Waals surface area contributed by atoms with Crippen LogP contribution in [0.1, 0.15) is 50.7 Å². The number of hydrogen-bond acceptors (Lipinski definition) is 0. The number of rotatable bonds is 4. The van der Waals surface area contributed by atoms with E-state index in [1.54, 1.807) is 0 Å². The predicted molar refractivity (Wildman–Crippen MR) is 123 cm³/mol. The van der Waals surface area contributed by atoms with Crippen molar-refractivity contribution < 1.29 is 0 Å². The number of fused-ring (bicyclic) bond motifs is 1. The van der Waals surface area contributed by atoms with E-state index in [-0.39, 0.29) is 0 Å². The highest BCUT2D eigenvalue weighted by molar-refractivity contribution is 6.05. The zero-order valence-corrected chi connectivity index (χ0v) is 17.2. The van der Waals surface area contributed by atoms with Crippen LogP contribution >= 0.6 is 0 Å². The number of benzene rings is 4. The van der Waals surface area contributed by atoms with Crippen LogP contribution in [0.4, 0.5) is 0 Å². The first kappa shape index (κ1) is 18.5. The summed E-state index contributed by atoms with van der Waals surface area (Å²) < 4.78 is 0. The fourth-order valence-electron chi connectivity index (χ4n) is 3.89. The van der Waals surface area contributed by atoms with Crippen molar-refractivity contribution in [1.29, 1.82) is 0 Å². The largest absolute Gasteiger partial charge is 0.0622 e. The predicted octanol–water partition coefficient (Wildman–Crippen LogP) is 8.42. The van der Waals surface area contributed by atoms with Crippen LogP contribution < -0.4 is 0 Å². The quantitative estimate of drug-likeness (QED) is 0.341. The third-order valence-corrected chi connectivity index (χ3v) is 5.62. The molecular weight excluding hydrogens is 336 g/mol. The van der Waals surface area contributed by atoms with Crippen molar-refractivity contribution >= 4 is 10.8 Å². The van der Waals surface area contributed by atoms with Gasteiger partial charge >= 0.3 is 0 Å². The summed E-state index contributed by atoms with van der Waals surface area (Å²) in [6, 6.07) is 31.2. The van der Waals surface area contributed by atoms with E-state index < -0.39 is 0 Å². The topological polar surface area (TPSA) is 0 Å². The van der Waals surface area contributed by atoms with Gasteiger partial charge in [-0.1, -0.05) is 113 Å². The van der Waals surface area contributed by atoms with Gasteiger partial charge in [0.05, 0.1) is 0 Å². The van der Waals surface area contributed by atoms with Crippen LogP contribution in [-0.4, -0.2) is 0 Å². The van der Waals surface area contributed by atoms with Crippen LogP contribution in [0.5, 0.6) is 0 Å². The molecule has 0 amide bonds. The van der Waals surface area contributed by atoms with Gasteiger partial charge in [-0.2, -0.15) is 0 Å². The molecule has 0 heterocycles. The summed E-state index contributed by atoms with van der Waals surface area (Å²) in [5.74, 6) is 0.973. The van der Waals surface area contributed by atoms with Gasteiger partial charge in [0.2, 0.25) is 0 Å². The second-order valence-corrected chi connectivity index (χ2v) is 8.27. The minimum absolute atomic E-state index is 0.486. The summed E-state index contributed by atoms with van der Waals surface area (Å²) in [7, 11) is 0. The van der Waals surface area contributed by atoms with Gasteiger partial charge in [0.1, 0.15) is 0 Å². The average Bonchev–Trinajstić information content (AvgIpc) is 2.73. The molecule has 0 spiro atoms. The third kappa shape index (κ3) is 3.47. The van der Waals surface area contributed by atoms with Gasteiger partial charge in [-0.3, -0.25) is 0 Å². The fraction of sp³-hybridized carbons (Fsp3) is 0.214. The third-order valence-electron chi connectivity index (χ3n) is 5.62. The Balaban J connectivity index is 2.13. The molecule has 0 heteroatoms. The molecule has 0 nitrogen and oxygen atoms in total. The lowest BCUT2D eigenvalue weighted by atomic mass is 9.85. The lowest BCUT2D eigenvalue weighted by Crippen LogP contribution is -1.95. The Labute approximate surface area is 168 Å². The first-order chi connectivity index (χ1) is 13.5. The van der Waals surface area contributed by atoms with Crippen LogP contribution in [0.25, 0.3) is 33.0 Å². The van der Waals surface area contributed by atoms with E-state index in [0.717, 1.165) is 0 Å². The summed E-state index contributed by atoms with van der Waals surface area (Å²) in [5, 5.41) is 2.70. The van der Waals surface area contributed by atoms with Crippen molar-refractivity contribution in [3.05, 3.63) is 96.1 Å². The summed E-state index contributed by atoms with van der Waals surface area (Å²) >= 11 is 0. The molecule has 0 saturated heterocycles. The van der Waals surface area contributed by atoms with Crippen molar-refractivity contribution in [3.63, 3.8) is 0 Å². The lowest BCUT2D eigenvalue weighted by molar-refractivity contribution is 0.866. The maximum absolute atomic E-state index is 2.40. The number of hydrogen-bond donors (Lipinski definition) is 0. The van der Waals surface area contributed by atoms with Crippen molar-refractivity contribution in [1.82, 2.24) is 0 Å². The molecule has 0 bridgehead atoms. The minimum atomic E-state index is 0.486. The molecule has 0 radical (unpaired) electrons. The van der Waals surface area contributed by atoms with Crippen LogP contribution in [0, 0.1) is 0 Å². The van der Waals surface area contributed by atoms with Crippen LogP contribution in [0.15, 0.2) is 84.9 Å². The van der Waals surface area contributed by atoms with Crippen molar-refractivity contribution in [2.45, 2.75) is 39.5 Å². The molecule has 4 aromatic rings. The van der Waals surface area contributed by atoms with Gasteiger partial charge in [-0.15, -0.1) is 0 Å². The van der Waals surface area contributed by atoms with E-state index in [0.29, 0.717) is 11.8 Å². The molecule has 4 aromatic carbocycles. The van der Waals surface area contributed by atoms with Crippen molar-refractivity contribution in [3.8, 4) is 22.3 Å². The molecule has 0 fully saturated rings. The van der Waals surface area contributed by atoms with E-state index in [2.05, 4.69) is 113 Å². The highest BCUT2D eigenvalue weighted by atomic mass is 14.2. The van der Waals surface area contributed by atoms with Crippen molar-refractivity contribution in [2.75, 3.05) is 0 Å². The van der Waals surface area contributed by atoms with E-state index in [4.69, 9.17) is 0 Å². The molecule has 0 N–H and O–H groups in total. The van der Waals surface area contributed by atoms with E-state index in [9.17, 15) is 0 Å². The highest BCUT2D eigenvalue weighted by Crippen LogP contribution is 2.39. The Kier molecular flexibility index (Phi) is 5.05. The average molecular weight is 365 g/mol. The zero-order chi connectivity index (χ0) is 19.7. The molecule has 0 aliphatic rings. The van der Waals surface area contributed by atoms with Crippen LogP contribution in [-0.2, 0) is 0 Å². The first-order valence-electron chi connectivity index (χ1n) is 10.3. The fourth-order valence-corrected chi connectivity index (χ4v) is 3.89. The van der Waals surface area contributed by atoms with Gasteiger partial charge in [0.15, 0.2) is 0 Å². The molecular formula is C28H28. The Morgan fingerprint density at radius 2 is 0.821 bits per heavy atom. The standard InChI is InChI=1S/C28H28/c1-19(2)23-15-25(21-11-7-5-8-12-21)28-18-24(20(3)4)16-26(27(28)17-23)22-13-9-6-10-14-22/h5-20H,1-4H3. The molecule has 0 aromatic heterocycles. The second kappa shape index (κ2) is 7.64. The molecule has 0 saturated carbocycles. The van der Waals surface area contributed by atoms with Gasteiger partial charge in [0.25, 0.3) is 0 Å². The molecule has 0 aliphatic heterocycles. The van der Waals surface area contributed by atoms with E-state index in [1.165, 1.54) is 44.2 Å². The monoisotopic (exact) mass is 364 g/mol. The smallest absolute Gasteiger partial charge is 0.00961 e. The summed E-state index contributed by atoms with van der Waals surface area (Å²) in [4.78, 5) is 0. The summed E-state index contributed by atoms with van der Waals surface area (Å²) in [5.41, 5.74) is 8.02. The summed E-state index contributed by atoms with van der Waals surface area (Å²) in [6.45, 7) is 9.11. The van der Waals surface area contributed by atoms with Gasteiger partial charge in [-0.25, -0.2) is 0 Å². The normalized spacial score (nSPS) is 11.5. The molecule has 4 rings (SSSR count). The van der Waals surface area contributed by atoms with E-state index >= 15 is 0 Å². The Bertz CT molecular complexity index is 996. The second-order valence-electron chi connectivity index (χ2n) is 8.27. The van der Waals surface area contributed by atoms with Gasteiger partial charge in [0, 0.05) is 0 Å². The van der Waals surface area contributed by atoms with Crippen LogP contribution in [0.3, 0.4) is 0 Å². The molecule has 0 unspecified atom stereocenters. The Morgan fingerprint density at radius 3 is 1.14 bits per heavy atom. The minimum Gasteiger partial charge on any atom is -0.0622 e.